The molecule has 0 aliphatic rings. The molecule has 0 unspecified atom stereocenters. The SMILES string of the molecule is Cc1nc[nH]c1C(=O)O. The minimum absolute atomic E-state index is 0.162. The molecule has 1 heterocycles. The van der Waals surface area contributed by atoms with Crippen molar-refractivity contribution in [3.8, 4) is 0 Å². The van der Waals surface area contributed by atoms with Crippen molar-refractivity contribution >= 4 is 5.97 Å². The molecule has 4 nitrogen and oxygen atoms in total. The van der Waals surface area contributed by atoms with E-state index in [1.165, 1.54) is 6.33 Å². The second-order valence-electron chi connectivity index (χ2n) is 1.67. The second-order valence-corrected chi connectivity index (χ2v) is 1.67. The first-order chi connectivity index (χ1) is 4.22. The van der Waals surface area contributed by atoms with Crippen LogP contribution in [0.25, 0.3) is 0 Å². The van der Waals surface area contributed by atoms with Crippen LogP contribution < -0.4 is 0 Å². The van der Waals surface area contributed by atoms with E-state index in [9.17, 15) is 4.79 Å². The molecule has 0 saturated carbocycles. The number of carboxylic acid groups (broad SMARTS) is 1. The number of carboxylic acids is 1. The Hall–Kier alpha value is -1.32. The Morgan fingerprint density at radius 2 is 2.56 bits per heavy atom. The van der Waals surface area contributed by atoms with Gasteiger partial charge in [-0.05, 0) is 6.92 Å². The maximum atomic E-state index is 10.2. The van der Waals surface area contributed by atoms with Gasteiger partial charge >= 0.3 is 5.97 Å². The van der Waals surface area contributed by atoms with Crippen molar-refractivity contribution in [2.45, 2.75) is 6.92 Å². The van der Waals surface area contributed by atoms with Gasteiger partial charge in [-0.25, -0.2) is 9.78 Å². The van der Waals surface area contributed by atoms with Gasteiger partial charge in [-0.1, -0.05) is 0 Å². The quantitative estimate of drug-likeness (QED) is 0.573. The van der Waals surface area contributed by atoms with Crippen molar-refractivity contribution in [3.63, 3.8) is 0 Å². The van der Waals surface area contributed by atoms with Crippen LogP contribution in [-0.4, -0.2) is 21.0 Å². The summed E-state index contributed by atoms with van der Waals surface area (Å²) in [7, 11) is 0. The molecule has 0 aliphatic carbocycles. The van der Waals surface area contributed by atoms with Gasteiger partial charge in [0.25, 0.3) is 0 Å². The topological polar surface area (TPSA) is 66.0 Å². The fourth-order valence-corrected chi connectivity index (χ4v) is 0.579. The Morgan fingerprint density at radius 3 is 2.78 bits per heavy atom. The minimum Gasteiger partial charge on any atom is -0.477 e. The van der Waals surface area contributed by atoms with E-state index in [1.807, 2.05) is 0 Å². The number of aryl methyl sites for hydroxylation is 1. The van der Waals surface area contributed by atoms with Crippen molar-refractivity contribution in [1.29, 1.82) is 0 Å². The van der Waals surface area contributed by atoms with Crippen LogP contribution in [0.5, 0.6) is 0 Å². The van der Waals surface area contributed by atoms with Gasteiger partial charge in [0.05, 0.1) is 12.0 Å². The van der Waals surface area contributed by atoms with E-state index in [1.54, 1.807) is 6.92 Å². The highest BCUT2D eigenvalue weighted by atomic mass is 16.4. The van der Waals surface area contributed by atoms with E-state index >= 15 is 0 Å². The zero-order valence-corrected chi connectivity index (χ0v) is 4.88. The molecule has 0 aliphatic heterocycles. The molecule has 2 N–H and O–H groups in total. The number of aromatic amines is 1. The molecule has 0 spiro atoms. The predicted octanol–water partition coefficient (Wildman–Crippen LogP) is 0.416. The first-order valence-corrected chi connectivity index (χ1v) is 2.45. The van der Waals surface area contributed by atoms with Gasteiger partial charge in [-0.15, -0.1) is 0 Å². The third kappa shape index (κ3) is 0.910. The molecule has 0 bridgehead atoms. The fourth-order valence-electron chi connectivity index (χ4n) is 0.579. The van der Waals surface area contributed by atoms with E-state index in [2.05, 4.69) is 9.97 Å². The number of nitrogens with zero attached hydrogens (tertiary/aromatic N) is 1. The molecule has 1 aromatic heterocycles. The van der Waals surface area contributed by atoms with E-state index < -0.39 is 5.97 Å². The molecule has 0 amide bonds. The van der Waals surface area contributed by atoms with E-state index in [-0.39, 0.29) is 5.69 Å². The summed E-state index contributed by atoms with van der Waals surface area (Å²) in [6, 6.07) is 0. The highest BCUT2D eigenvalue weighted by molar-refractivity contribution is 5.86. The van der Waals surface area contributed by atoms with Gasteiger partial charge in [-0.2, -0.15) is 0 Å². The lowest BCUT2D eigenvalue weighted by Crippen LogP contribution is -1.98. The molecule has 0 saturated heterocycles. The van der Waals surface area contributed by atoms with Crippen LogP contribution >= 0.6 is 0 Å². The first-order valence-electron chi connectivity index (χ1n) is 2.45. The number of nitrogens with one attached hydrogen (secondary N) is 1. The van der Waals surface area contributed by atoms with Gasteiger partial charge < -0.3 is 10.1 Å². The number of hydrogen-bond donors (Lipinski definition) is 2. The Kier molecular flexibility index (Phi) is 1.22. The molecule has 1 aromatic rings. The standard InChI is InChI=1S/C5H6N2O2/c1-3-4(5(8)9)7-2-6-3/h2H,1H3,(H,6,7)(H,8,9). The molecular formula is C5H6N2O2. The van der Waals surface area contributed by atoms with Crippen LogP contribution in [-0.2, 0) is 0 Å². The lowest BCUT2D eigenvalue weighted by Gasteiger charge is -1.85. The van der Waals surface area contributed by atoms with Crippen LogP contribution in [0, 0.1) is 6.92 Å². The van der Waals surface area contributed by atoms with Crippen LogP contribution in [0.1, 0.15) is 16.2 Å². The van der Waals surface area contributed by atoms with E-state index in [0.717, 1.165) is 0 Å². The van der Waals surface area contributed by atoms with Crippen LogP contribution in [0.4, 0.5) is 0 Å². The number of imidazole rings is 1. The van der Waals surface area contributed by atoms with Gasteiger partial charge in [0.15, 0.2) is 0 Å². The molecule has 0 fully saturated rings. The monoisotopic (exact) mass is 126 g/mol. The number of aromatic nitrogens is 2. The molecular weight excluding hydrogens is 120 g/mol. The number of hydrogen-bond acceptors (Lipinski definition) is 2. The third-order valence-electron chi connectivity index (χ3n) is 1.04. The summed E-state index contributed by atoms with van der Waals surface area (Å²) < 4.78 is 0. The largest absolute Gasteiger partial charge is 0.477 e. The Bertz CT molecular complexity index is 229. The Balaban J connectivity index is 3.08. The summed E-state index contributed by atoms with van der Waals surface area (Å²) in [6.45, 7) is 1.64. The van der Waals surface area contributed by atoms with Crippen LogP contribution in [0.2, 0.25) is 0 Å². The summed E-state index contributed by atoms with van der Waals surface area (Å²) in [4.78, 5) is 16.4. The highest BCUT2D eigenvalue weighted by Gasteiger charge is 2.06. The smallest absolute Gasteiger partial charge is 0.354 e. The summed E-state index contributed by atoms with van der Waals surface area (Å²) in [5, 5.41) is 8.38. The summed E-state index contributed by atoms with van der Waals surface area (Å²) in [5.41, 5.74) is 0.678. The third-order valence-corrected chi connectivity index (χ3v) is 1.04. The minimum atomic E-state index is -0.968. The number of aromatic carboxylic acids is 1. The van der Waals surface area contributed by atoms with E-state index in [4.69, 9.17) is 5.11 Å². The number of carbonyl (C=O) groups is 1. The molecule has 0 atom stereocenters. The maximum Gasteiger partial charge on any atom is 0.354 e. The second kappa shape index (κ2) is 1.89. The molecule has 1 rings (SSSR count). The molecule has 48 valence electrons. The summed E-state index contributed by atoms with van der Waals surface area (Å²) in [5.74, 6) is -0.968. The molecule has 0 radical (unpaired) electrons. The predicted molar refractivity (Wildman–Crippen MR) is 30.3 cm³/mol. The molecule has 0 aromatic carbocycles. The van der Waals surface area contributed by atoms with Crippen LogP contribution in [0.15, 0.2) is 6.33 Å². The van der Waals surface area contributed by atoms with E-state index in [0.29, 0.717) is 5.69 Å². The first kappa shape index (κ1) is 5.81. The Morgan fingerprint density at radius 1 is 1.89 bits per heavy atom. The highest BCUT2D eigenvalue weighted by Crippen LogP contribution is 1.98. The summed E-state index contributed by atoms with van der Waals surface area (Å²) in [6.07, 6.45) is 1.36. The Labute approximate surface area is 51.5 Å². The van der Waals surface area contributed by atoms with Crippen molar-refractivity contribution in [2.75, 3.05) is 0 Å². The lowest BCUT2D eigenvalue weighted by molar-refractivity contribution is 0.0690. The zero-order chi connectivity index (χ0) is 6.85. The molecule has 9 heavy (non-hydrogen) atoms. The maximum absolute atomic E-state index is 10.2. The van der Waals surface area contributed by atoms with Gasteiger partial charge in [-0.3, -0.25) is 0 Å². The van der Waals surface area contributed by atoms with Crippen molar-refractivity contribution < 1.29 is 9.90 Å². The lowest BCUT2D eigenvalue weighted by atomic mass is 10.4. The number of H-pyrrole nitrogens is 1. The van der Waals surface area contributed by atoms with Gasteiger partial charge in [0.1, 0.15) is 5.69 Å². The van der Waals surface area contributed by atoms with Crippen molar-refractivity contribution in [2.24, 2.45) is 0 Å². The zero-order valence-electron chi connectivity index (χ0n) is 4.88. The fraction of sp³-hybridized carbons (Fsp3) is 0.200. The van der Waals surface area contributed by atoms with Crippen LogP contribution in [0.3, 0.4) is 0 Å². The average Bonchev–Trinajstić information content (AvgIpc) is 2.13. The van der Waals surface area contributed by atoms with Gasteiger partial charge in [0.2, 0.25) is 0 Å². The molecule has 4 heteroatoms. The van der Waals surface area contributed by atoms with Crippen molar-refractivity contribution in [1.82, 2.24) is 9.97 Å². The van der Waals surface area contributed by atoms with Gasteiger partial charge in [0, 0.05) is 0 Å². The number of rotatable bonds is 1. The normalized spacial score (nSPS) is 9.44. The average molecular weight is 126 g/mol. The van der Waals surface area contributed by atoms with Crippen molar-refractivity contribution in [3.05, 3.63) is 17.7 Å². The summed E-state index contributed by atoms with van der Waals surface area (Å²) >= 11 is 0.